The van der Waals surface area contributed by atoms with E-state index in [9.17, 15) is 4.79 Å². The molecule has 7 heteroatoms. The molecule has 1 aromatic heterocycles. The summed E-state index contributed by atoms with van der Waals surface area (Å²) in [6, 6.07) is 13.0. The molecule has 0 saturated carbocycles. The van der Waals surface area contributed by atoms with Crippen LogP contribution in [-0.2, 0) is 11.3 Å². The highest BCUT2D eigenvalue weighted by molar-refractivity contribution is 6.36. The summed E-state index contributed by atoms with van der Waals surface area (Å²) in [7, 11) is 1.64. The summed E-state index contributed by atoms with van der Waals surface area (Å²) < 4.78 is 7.04. The number of ether oxygens (including phenoxy) is 1. The number of rotatable bonds is 8. The molecule has 0 radical (unpaired) electrons. The summed E-state index contributed by atoms with van der Waals surface area (Å²) in [6.07, 6.45) is 6.57. The smallest absolute Gasteiger partial charge is 0.239 e. The number of amides is 1. The highest BCUT2D eigenvalue weighted by Crippen LogP contribution is 2.30. The van der Waals surface area contributed by atoms with Crippen LogP contribution in [0.25, 0.3) is 23.4 Å². The number of hydrogen-bond acceptors (Lipinski definition) is 3. The van der Waals surface area contributed by atoms with E-state index in [-0.39, 0.29) is 17.9 Å². The molecule has 2 aromatic carbocycles. The number of nitrogens with zero attached hydrogens (tertiary/aromatic N) is 2. The number of methoxy groups -OCH3 is 1. The highest BCUT2D eigenvalue weighted by atomic mass is 35.5. The second-order valence-electron chi connectivity index (χ2n) is 9.00. The largest absolute Gasteiger partial charge is 0.497 e. The maximum atomic E-state index is 12.6. The topological polar surface area (TPSA) is 56.2 Å². The molecule has 0 unspecified atom stereocenters. The normalized spacial score (nSPS) is 11.7. The lowest BCUT2D eigenvalue weighted by Crippen LogP contribution is -2.30. The minimum Gasteiger partial charge on any atom is -0.497 e. The van der Waals surface area contributed by atoms with Crippen molar-refractivity contribution < 1.29 is 9.53 Å². The fourth-order valence-corrected chi connectivity index (χ4v) is 3.70. The molecule has 0 aliphatic rings. The number of imidazole rings is 1. The van der Waals surface area contributed by atoms with Crippen molar-refractivity contribution >= 4 is 41.3 Å². The first-order valence-electron chi connectivity index (χ1n) is 10.8. The molecule has 0 aliphatic carbocycles. The van der Waals surface area contributed by atoms with Gasteiger partial charge in [-0.1, -0.05) is 62.2 Å². The SMILES string of the molecule is COc1ccc(C=Cc2nc(-c3ccc(Cl)cc3Cl)cn2CC(=O)NCCC(C)(C)C)cc1. The van der Waals surface area contributed by atoms with E-state index in [1.807, 2.05) is 53.2 Å². The van der Waals surface area contributed by atoms with Crippen molar-refractivity contribution in [3.63, 3.8) is 0 Å². The fraction of sp³-hybridized carbons (Fsp3) is 0.308. The molecule has 3 aromatic rings. The summed E-state index contributed by atoms with van der Waals surface area (Å²) in [5, 5.41) is 4.06. The Morgan fingerprint density at radius 2 is 1.85 bits per heavy atom. The Bertz CT molecular complexity index is 1130. The van der Waals surface area contributed by atoms with Crippen LogP contribution in [0.15, 0.2) is 48.7 Å². The van der Waals surface area contributed by atoms with E-state index < -0.39 is 0 Å². The van der Waals surface area contributed by atoms with E-state index in [1.165, 1.54) is 0 Å². The van der Waals surface area contributed by atoms with Gasteiger partial charge < -0.3 is 14.6 Å². The third kappa shape index (κ3) is 7.37. The van der Waals surface area contributed by atoms with Gasteiger partial charge in [-0.2, -0.15) is 0 Å². The molecular formula is C26H29Cl2N3O2. The van der Waals surface area contributed by atoms with Gasteiger partial charge in [0.15, 0.2) is 0 Å². The van der Waals surface area contributed by atoms with Crippen LogP contribution in [0.4, 0.5) is 0 Å². The summed E-state index contributed by atoms with van der Waals surface area (Å²) >= 11 is 12.4. The van der Waals surface area contributed by atoms with Gasteiger partial charge in [0, 0.05) is 23.3 Å². The van der Waals surface area contributed by atoms with E-state index in [0.717, 1.165) is 23.3 Å². The average Bonchev–Trinajstić information content (AvgIpc) is 3.13. The molecule has 1 heterocycles. The zero-order valence-electron chi connectivity index (χ0n) is 19.4. The second-order valence-corrected chi connectivity index (χ2v) is 9.85. The summed E-state index contributed by atoms with van der Waals surface area (Å²) in [6.45, 7) is 7.24. The standard InChI is InChI=1S/C26H29Cl2N3O2/c1-26(2,3)13-14-29-25(32)17-31-16-23(21-11-8-19(27)15-22(21)28)30-24(31)12-7-18-5-9-20(33-4)10-6-18/h5-12,15-16H,13-14,17H2,1-4H3,(H,29,32). The number of halogens is 2. The van der Waals surface area contributed by atoms with Crippen LogP contribution in [0.5, 0.6) is 5.75 Å². The lowest BCUT2D eigenvalue weighted by Gasteiger charge is -2.18. The Kier molecular flexibility index (Phi) is 8.22. The quantitative estimate of drug-likeness (QED) is 0.391. The van der Waals surface area contributed by atoms with E-state index in [0.29, 0.717) is 28.1 Å². The summed E-state index contributed by atoms with van der Waals surface area (Å²) in [5.41, 5.74) is 2.58. The molecule has 0 fully saturated rings. The van der Waals surface area contributed by atoms with E-state index in [4.69, 9.17) is 32.9 Å². The summed E-state index contributed by atoms with van der Waals surface area (Å²) in [4.78, 5) is 17.3. The third-order valence-electron chi connectivity index (χ3n) is 5.07. The Hall–Kier alpha value is -2.76. The van der Waals surface area contributed by atoms with Crippen LogP contribution in [0.3, 0.4) is 0 Å². The van der Waals surface area contributed by atoms with Gasteiger partial charge in [-0.25, -0.2) is 4.98 Å². The molecular weight excluding hydrogens is 457 g/mol. The fourth-order valence-electron chi connectivity index (χ4n) is 3.19. The van der Waals surface area contributed by atoms with Crippen molar-refractivity contribution in [2.24, 2.45) is 5.41 Å². The minimum absolute atomic E-state index is 0.0653. The minimum atomic E-state index is -0.0653. The first-order chi connectivity index (χ1) is 15.6. The molecule has 3 rings (SSSR count). The highest BCUT2D eigenvalue weighted by Gasteiger charge is 2.15. The number of aromatic nitrogens is 2. The van der Waals surface area contributed by atoms with Crippen molar-refractivity contribution in [2.45, 2.75) is 33.7 Å². The van der Waals surface area contributed by atoms with Crippen LogP contribution in [0.1, 0.15) is 38.6 Å². The van der Waals surface area contributed by atoms with Gasteiger partial charge in [0.2, 0.25) is 5.91 Å². The van der Waals surface area contributed by atoms with E-state index in [2.05, 4.69) is 26.1 Å². The molecule has 0 atom stereocenters. The lowest BCUT2D eigenvalue weighted by atomic mass is 9.92. The maximum Gasteiger partial charge on any atom is 0.239 e. The molecule has 0 saturated heterocycles. The van der Waals surface area contributed by atoms with Crippen molar-refractivity contribution in [3.8, 4) is 17.0 Å². The van der Waals surface area contributed by atoms with Crippen molar-refractivity contribution in [1.29, 1.82) is 0 Å². The second kappa shape index (κ2) is 10.9. The molecule has 0 aliphatic heterocycles. The van der Waals surface area contributed by atoms with Crippen LogP contribution in [0, 0.1) is 5.41 Å². The third-order valence-corrected chi connectivity index (χ3v) is 5.61. The van der Waals surface area contributed by atoms with Crippen LogP contribution < -0.4 is 10.1 Å². The molecule has 0 spiro atoms. The number of carbonyl (C=O) groups is 1. The van der Waals surface area contributed by atoms with Gasteiger partial charge in [-0.3, -0.25) is 4.79 Å². The number of carbonyl (C=O) groups excluding carboxylic acids is 1. The van der Waals surface area contributed by atoms with Crippen molar-refractivity contribution in [1.82, 2.24) is 14.9 Å². The van der Waals surface area contributed by atoms with Gasteiger partial charge in [0.1, 0.15) is 18.1 Å². The molecule has 5 nitrogen and oxygen atoms in total. The zero-order valence-corrected chi connectivity index (χ0v) is 20.9. The van der Waals surface area contributed by atoms with Gasteiger partial charge >= 0.3 is 0 Å². The van der Waals surface area contributed by atoms with E-state index in [1.54, 1.807) is 19.2 Å². The van der Waals surface area contributed by atoms with Crippen molar-refractivity contribution in [2.75, 3.05) is 13.7 Å². The average molecular weight is 486 g/mol. The van der Waals surface area contributed by atoms with Gasteiger partial charge in [-0.15, -0.1) is 0 Å². The van der Waals surface area contributed by atoms with Gasteiger partial charge in [0.05, 0.1) is 17.8 Å². The lowest BCUT2D eigenvalue weighted by molar-refractivity contribution is -0.121. The van der Waals surface area contributed by atoms with Gasteiger partial charge in [-0.05, 0) is 53.8 Å². The maximum absolute atomic E-state index is 12.6. The Morgan fingerprint density at radius 3 is 2.48 bits per heavy atom. The molecule has 174 valence electrons. The predicted molar refractivity (Wildman–Crippen MR) is 137 cm³/mol. The van der Waals surface area contributed by atoms with E-state index >= 15 is 0 Å². The Balaban J connectivity index is 1.86. The predicted octanol–water partition coefficient (Wildman–Crippen LogP) is 6.59. The number of hydrogen-bond donors (Lipinski definition) is 1. The van der Waals surface area contributed by atoms with Crippen LogP contribution in [-0.4, -0.2) is 29.1 Å². The monoisotopic (exact) mass is 485 g/mol. The van der Waals surface area contributed by atoms with Crippen molar-refractivity contribution in [3.05, 3.63) is 70.1 Å². The van der Waals surface area contributed by atoms with Crippen LogP contribution >= 0.6 is 23.2 Å². The zero-order chi connectivity index (χ0) is 24.0. The van der Waals surface area contributed by atoms with Crippen LogP contribution in [0.2, 0.25) is 10.0 Å². The molecule has 1 N–H and O–H groups in total. The molecule has 0 bridgehead atoms. The Labute approximate surface area is 205 Å². The first-order valence-corrected chi connectivity index (χ1v) is 11.5. The molecule has 33 heavy (non-hydrogen) atoms. The summed E-state index contributed by atoms with van der Waals surface area (Å²) in [5.74, 6) is 1.38. The number of nitrogens with one attached hydrogen (secondary N) is 1. The molecule has 1 amide bonds. The van der Waals surface area contributed by atoms with Gasteiger partial charge in [0.25, 0.3) is 0 Å². The first kappa shape index (κ1) is 24.9. The number of benzene rings is 2. The Morgan fingerprint density at radius 1 is 1.12 bits per heavy atom.